The Bertz CT molecular complexity index is 1630. The highest BCUT2D eigenvalue weighted by molar-refractivity contribution is 6.72. The van der Waals surface area contributed by atoms with Crippen LogP contribution in [-0.4, -0.2) is 68.0 Å². The molecular weight excluding hydrogens is 628 g/mol. The SMILES string of the molecule is C[C@@H]1[C@@H]([Si](C)(C)F)[C@H](CC(=O)N(CCO)Cc2ccccc2)O[C@@]12C(=O)N(Cc1ccc(NC(=O)[C@H]3CCCN3)cc1)c1ccccc12. The first-order valence-corrected chi connectivity index (χ1v) is 19.8. The van der Waals surface area contributed by atoms with Crippen molar-refractivity contribution in [2.24, 2.45) is 5.92 Å². The van der Waals surface area contributed by atoms with E-state index < -0.39 is 31.6 Å². The maximum atomic E-state index is 16.3. The lowest BCUT2D eigenvalue weighted by atomic mass is 9.82. The molecule has 1 spiro atoms. The number of carbonyl (C=O) groups excluding carboxylic acids is 3. The quantitative estimate of drug-likeness (QED) is 0.193. The molecule has 0 aromatic heterocycles. The number of anilines is 2. The lowest BCUT2D eigenvalue weighted by molar-refractivity contribution is -0.150. The molecule has 0 radical (unpaired) electrons. The van der Waals surface area contributed by atoms with Crippen LogP contribution in [0.1, 0.15) is 42.9 Å². The van der Waals surface area contributed by atoms with E-state index in [2.05, 4.69) is 10.6 Å². The van der Waals surface area contributed by atoms with Gasteiger partial charge in [-0.1, -0.05) is 67.6 Å². The molecule has 11 heteroatoms. The van der Waals surface area contributed by atoms with Crippen molar-refractivity contribution < 1.29 is 28.3 Å². The molecule has 48 heavy (non-hydrogen) atoms. The molecule has 3 amide bonds. The van der Waals surface area contributed by atoms with Gasteiger partial charge in [-0.3, -0.25) is 14.4 Å². The number of aliphatic hydroxyl groups excluding tert-OH is 1. The Labute approximate surface area is 282 Å². The molecular formula is C37H45FN4O5Si. The minimum Gasteiger partial charge on any atom is -0.395 e. The normalized spacial score (nSPS) is 25.0. The first-order chi connectivity index (χ1) is 23.0. The molecule has 0 aliphatic carbocycles. The molecule has 9 nitrogen and oxygen atoms in total. The standard InChI is InChI=1S/C37H45FN4O5Si/c1-25-34(48(2,3)38)32(22-33(44)41(20-21-43)23-26-10-5-4-6-11-26)47-37(25)29-12-7-8-14-31(29)42(36(37)46)24-27-15-17-28(18-16-27)40-35(45)30-13-9-19-39-30/h4-8,10-12,14-18,25,30,32,34,39,43H,9,13,19-24H2,1-3H3,(H,40,45)/t25-,30-,32+,34-,37+/m1/s1. The number of aliphatic hydroxyl groups is 1. The number of rotatable bonds is 11. The lowest BCUT2D eigenvalue weighted by Gasteiger charge is -2.31. The van der Waals surface area contributed by atoms with Gasteiger partial charge in [0.05, 0.1) is 37.4 Å². The monoisotopic (exact) mass is 672 g/mol. The molecule has 254 valence electrons. The fraction of sp³-hybridized carbons (Fsp3) is 0.432. The summed E-state index contributed by atoms with van der Waals surface area (Å²) >= 11 is 0. The minimum absolute atomic E-state index is 0.0558. The number of para-hydroxylation sites is 1. The molecule has 0 saturated carbocycles. The molecule has 3 aliphatic rings. The third-order valence-corrected chi connectivity index (χ3v) is 12.6. The summed E-state index contributed by atoms with van der Waals surface area (Å²) in [6.07, 6.45) is 0.883. The van der Waals surface area contributed by atoms with E-state index in [1.54, 1.807) is 22.9 Å². The van der Waals surface area contributed by atoms with Crippen molar-refractivity contribution in [1.29, 1.82) is 0 Å². The molecule has 2 fully saturated rings. The molecule has 6 rings (SSSR count). The van der Waals surface area contributed by atoms with Crippen molar-refractivity contribution in [3.05, 3.63) is 95.6 Å². The van der Waals surface area contributed by atoms with Gasteiger partial charge in [-0.15, -0.1) is 0 Å². The number of nitrogens with one attached hydrogen (secondary N) is 2. The Morgan fingerprint density at radius 3 is 2.44 bits per heavy atom. The second-order valence-electron chi connectivity index (χ2n) is 13.7. The van der Waals surface area contributed by atoms with Crippen LogP contribution in [0.5, 0.6) is 0 Å². The summed E-state index contributed by atoms with van der Waals surface area (Å²) in [6, 6.07) is 24.3. The van der Waals surface area contributed by atoms with Gasteiger partial charge in [-0.25, -0.2) is 0 Å². The van der Waals surface area contributed by atoms with Gasteiger partial charge in [0, 0.05) is 35.8 Å². The van der Waals surface area contributed by atoms with E-state index in [0.29, 0.717) is 23.5 Å². The number of carbonyl (C=O) groups is 3. The van der Waals surface area contributed by atoms with Crippen LogP contribution in [-0.2, 0) is 37.8 Å². The summed E-state index contributed by atoms with van der Waals surface area (Å²) in [4.78, 5) is 44.3. The number of ether oxygens (including phenoxy) is 1. The van der Waals surface area contributed by atoms with Crippen LogP contribution in [0.2, 0.25) is 18.6 Å². The maximum absolute atomic E-state index is 16.3. The molecule has 3 aromatic rings. The topological polar surface area (TPSA) is 111 Å². The zero-order chi connectivity index (χ0) is 34.1. The number of benzene rings is 3. The average molecular weight is 673 g/mol. The third-order valence-electron chi connectivity index (χ3n) is 10.1. The summed E-state index contributed by atoms with van der Waals surface area (Å²) in [5.74, 6) is -1.10. The third kappa shape index (κ3) is 6.56. The van der Waals surface area contributed by atoms with Crippen LogP contribution in [0, 0.1) is 5.92 Å². The van der Waals surface area contributed by atoms with Gasteiger partial charge in [0.2, 0.25) is 20.2 Å². The Balaban J connectivity index is 1.25. The van der Waals surface area contributed by atoms with Crippen LogP contribution in [0.3, 0.4) is 0 Å². The van der Waals surface area contributed by atoms with Gasteiger partial charge in [-0.2, -0.15) is 0 Å². The van der Waals surface area contributed by atoms with Crippen LogP contribution >= 0.6 is 0 Å². The zero-order valence-corrected chi connectivity index (χ0v) is 28.8. The van der Waals surface area contributed by atoms with Gasteiger partial charge in [-0.05, 0) is 61.8 Å². The molecule has 2 saturated heterocycles. The largest absolute Gasteiger partial charge is 0.395 e. The predicted octanol–water partition coefficient (Wildman–Crippen LogP) is 5.11. The zero-order valence-electron chi connectivity index (χ0n) is 27.8. The summed E-state index contributed by atoms with van der Waals surface area (Å²) in [6.45, 7) is 6.47. The molecule has 3 aliphatic heterocycles. The molecule has 5 atom stereocenters. The van der Waals surface area contributed by atoms with Gasteiger partial charge in [0.15, 0.2) is 5.60 Å². The van der Waals surface area contributed by atoms with Crippen molar-refractivity contribution in [3.63, 3.8) is 0 Å². The van der Waals surface area contributed by atoms with Gasteiger partial charge < -0.3 is 34.4 Å². The highest BCUT2D eigenvalue weighted by Crippen LogP contribution is 2.60. The Morgan fingerprint density at radius 1 is 1.06 bits per heavy atom. The van der Waals surface area contributed by atoms with Crippen LogP contribution in [0.25, 0.3) is 0 Å². The summed E-state index contributed by atoms with van der Waals surface area (Å²) in [7, 11) is -3.47. The number of hydrogen-bond acceptors (Lipinski definition) is 6. The number of amides is 3. The Kier molecular flexibility index (Phi) is 9.85. The minimum atomic E-state index is -3.47. The van der Waals surface area contributed by atoms with E-state index >= 15 is 4.11 Å². The smallest absolute Gasteiger partial charge is 0.264 e. The van der Waals surface area contributed by atoms with E-state index in [9.17, 15) is 19.5 Å². The first kappa shape index (κ1) is 34.0. The molecule has 3 aromatic carbocycles. The van der Waals surface area contributed by atoms with Crippen LogP contribution in [0.4, 0.5) is 15.5 Å². The molecule has 3 heterocycles. The van der Waals surface area contributed by atoms with E-state index in [0.717, 1.165) is 30.5 Å². The summed E-state index contributed by atoms with van der Waals surface area (Å²) in [5.41, 5.74) is 1.80. The highest BCUT2D eigenvalue weighted by Gasteiger charge is 2.67. The van der Waals surface area contributed by atoms with Crippen molar-refractivity contribution in [2.45, 2.75) is 75.7 Å². The number of hydrogen-bond donors (Lipinski definition) is 3. The van der Waals surface area contributed by atoms with E-state index in [4.69, 9.17) is 4.74 Å². The van der Waals surface area contributed by atoms with E-state index in [-0.39, 0.29) is 49.9 Å². The van der Waals surface area contributed by atoms with Crippen molar-refractivity contribution >= 4 is 37.5 Å². The van der Waals surface area contributed by atoms with Crippen LogP contribution < -0.4 is 15.5 Å². The van der Waals surface area contributed by atoms with Gasteiger partial charge >= 0.3 is 0 Å². The van der Waals surface area contributed by atoms with Crippen LogP contribution in [0.15, 0.2) is 78.9 Å². The summed E-state index contributed by atoms with van der Waals surface area (Å²) < 4.78 is 23.1. The molecule has 0 bridgehead atoms. The second-order valence-corrected chi connectivity index (χ2v) is 17.5. The Morgan fingerprint density at radius 2 is 1.77 bits per heavy atom. The number of halogens is 1. The van der Waals surface area contributed by atoms with E-state index in [1.807, 2.05) is 85.8 Å². The van der Waals surface area contributed by atoms with Gasteiger partial charge in [0.1, 0.15) is 0 Å². The van der Waals surface area contributed by atoms with Gasteiger partial charge in [0.25, 0.3) is 5.91 Å². The average Bonchev–Trinajstić information content (AvgIpc) is 3.76. The summed E-state index contributed by atoms with van der Waals surface area (Å²) in [5, 5.41) is 15.9. The van der Waals surface area contributed by atoms with Crippen molar-refractivity contribution in [2.75, 3.05) is 29.9 Å². The first-order valence-electron chi connectivity index (χ1n) is 16.9. The van der Waals surface area contributed by atoms with E-state index in [1.165, 1.54) is 0 Å². The van der Waals surface area contributed by atoms with Crippen molar-refractivity contribution in [1.82, 2.24) is 10.2 Å². The number of fused-ring (bicyclic) bond motifs is 2. The molecule has 3 N–H and O–H groups in total. The maximum Gasteiger partial charge on any atom is 0.264 e. The second kappa shape index (κ2) is 13.9. The lowest BCUT2D eigenvalue weighted by Crippen LogP contribution is -2.45. The predicted molar refractivity (Wildman–Crippen MR) is 185 cm³/mol. The highest BCUT2D eigenvalue weighted by atomic mass is 28.4. The Hall–Kier alpha value is -3.90. The molecule has 0 unspecified atom stereocenters. The fourth-order valence-corrected chi connectivity index (χ4v) is 10.4. The fourth-order valence-electron chi connectivity index (χ4n) is 7.89. The number of nitrogens with zero attached hydrogens (tertiary/aromatic N) is 2. The van der Waals surface area contributed by atoms with Crippen molar-refractivity contribution in [3.8, 4) is 0 Å².